The number of sulfone groups is 1. The summed E-state index contributed by atoms with van der Waals surface area (Å²) in [5.74, 6) is 0.678. The zero-order valence-corrected chi connectivity index (χ0v) is 15.3. The van der Waals surface area contributed by atoms with E-state index in [0.717, 1.165) is 5.56 Å². The Labute approximate surface area is 139 Å². The van der Waals surface area contributed by atoms with Gasteiger partial charge in [-0.25, -0.2) is 8.42 Å². The standard InChI is InChI=1S/C18H27NO3S/c1-13(2)16-7-5-15(6-8-16)11-14(3)18(20)19(4)17-9-10-23(21,22)12-17/h5-8,13-14,17H,9-12H2,1-4H3. The molecule has 0 aliphatic carbocycles. The first-order valence-electron chi connectivity index (χ1n) is 8.25. The predicted molar refractivity (Wildman–Crippen MR) is 93.2 cm³/mol. The molecule has 2 atom stereocenters. The summed E-state index contributed by atoms with van der Waals surface area (Å²) in [5, 5.41) is 0. The van der Waals surface area contributed by atoms with Crippen LogP contribution < -0.4 is 0 Å². The number of carbonyl (C=O) groups excluding carboxylic acids is 1. The van der Waals surface area contributed by atoms with Crippen molar-refractivity contribution in [3.05, 3.63) is 35.4 Å². The Morgan fingerprint density at radius 2 is 1.83 bits per heavy atom. The zero-order valence-electron chi connectivity index (χ0n) is 14.5. The van der Waals surface area contributed by atoms with E-state index < -0.39 is 9.84 Å². The van der Waals surface area contributed by atoms with E-state index in [2.05, 4.69) is 38.1 Å². The van der Waals surface area contributed by atoms with E-state index in [1.165, 1.54) is 5.56 Å². The second-order valence-corrected chi connectivity index (χ2v) is 9.24. The lowest BCUT2D eigenvalue weighted by atomic mass is 9.96. The van der Waals surface area contributed by atoms with Crippen LogP contribution in [0.4, 0.5) is 0 Å². The Hall–Kier alpha value is -1.36. The van der Waals surface area contributed by atoms with Crippen LogP contribution >= 0.6 is 0 Å². The van der Waals surface area contributed by atoms with Crippen molar-refractivity contribution in [1.82, 2.24) is 4.90 Å². The van der Waals surface area contributed by atoms with E-state index in [4.69, 9.17) is 0 Å². The quantitative estimate of drug-likeness (QED) is 0.830. The fourth-order valence-electron chi connectivity index (χ4n) is 3.09. The van der Waals surface area contributed by atoms with E-state index in [0.29, 0.717) is 18.8 Å². The molecular weight excluding hydrogens is 310 g/mol. The molecule has 0 aromatic heterocycles. The third-order valence-corrected chi connectivity index (χ3v) is 6.46. The molecule has 128 valence electrons. The summed E-state index contributed by atoms with van der Waals surface area (Å²) in [7, 11) is -1.24. The number of nitrogens with zero attached hydrogens (tertiary/aromatic N) is 1. The molecule has 5 heteroatoms. The maximum Gasteiger partial charge on any atom is 0.225 e. The predicted octanol–water partition coefficient (Wildman–Crippen LogP) is 2.63. The maximum absolute atomic E-state index is 12.6. The summed E-state index contributed by atoms with van der Waals surface area (Å²) in [6.45, 7) is 6.23. The van der Waals surface area contributed by atoms with Crippen molar-refractivity contribution in [2.24, 2.45) is 5.92 Å². The molecular formula is C18H27NO3S. The third kappa shape index (κ3) is 4.56. The third-order valence-electron chi connectivity index (χ3n) is 4.71. The highest BCUT2D eigenvalue weighted by molar-refractivity contribution is 7.91. The van der Waals surface area contributed by atoms with Crippen LogP contribution in [-0.2, 0) is 21.1 Å². The van der Waals surface area contributed by atoms with E-state index in [-0.39, 0.29) is 29.4 Å². The average molecular weight is 337 g/mol. The first-order valence-corrected chi connectivity index (χ1v) is 10.1. The molecule has 2 rings (SSSR count). The monoisotopic (exact) mass is 337 g/mol. The maximum atomic E-state index is 12.6. The van der Waals surface area contributed by atoms with Gasteiger partial charge >= 0.3 is 0 Å². The number of benzene rings is 1. The molecule has 1 aliphatic heterocycles. The molecule has 1 aliphatic rings. The number of carbonyl (C=O) groups is 1. The van der Waals surface area contributed by atoms with Crippen LogP contribution in [0.3, 0.4) is 0 Å². The van der Waals surface area contributed by atoms with Crippen LogP contribution in [0.1, 0.15) is 44.2 Å². The highest BCUT2D eigenvalue weighted by Crippen LogP contribution is 2.21. The van der Waals surface area contributed by atoms with Crippen molar-refractivity contribution in [2.45, 2.75) is 45.6 Å². The summed E-state index contributed by atoms with van der Waals surface area (Å²) in [6, 6.07) is 8.23. The van der Waals surface area contributed by atoms with Crippen molar-refractivity contribution >= 4 is 15.7 Å². The van der Waals surface area contributed by atoms with Gasteiger partial charge < -0.3 is 4.90 Å². The largest absolute Gasteiger partial charge is 0.341 e. The van der Waals surface area contributed by atoms with Gasteiger partial charge in [0, 0.05) is 19.0 Å². The van der Waals surface area contributed by atoms with Crippen LogP contribution in [0.2, 0.25) is 0 Å². The van der Waals surface area contributed by atoms with Crippen molar-refractivity contribution < 1.29 is 13.2 Å². The van der Waals surface area contributed by atoms with E-state index >= 15 is 0 Å². The minimum Gasteiger partial charge on any atom is -0.341 e. The van der Waals surface area contributed by atoms with Crippen LogP contribution in [-0.4, -0.2) is 43.8 Å². The number of rotatable bonds is 5. The molecule has 1 aromatic rings. The Bertz CT molecular complexity index is 649. The van der Waals surface area contributed by atoms with Crippen LogP contribution in [0.25, 0.3) is 0 Å². The lowest BCUT2D eigenvalue weighted by molar-refractivity contribution is -0.135. The van der Waals surface area contributed by atoms with Crippen molar-refractivity contribution in [2.75, 3.05) is 18.6 Å². The minimum absolute atomic E-state index is 0.0278. The van der Waals surface area contributed by atoms with Crippen molar-refractivity contribution in [3.63, 3.8) is 0 Å². The van der Waals surface area contributed by atoms with Gasteiger partial charge in [-0.1, -0.05) is 45.0 Å². The molecule has 0 bridgehead atoms. The minimum atomic E-state index is -2.97. The highest BCUT2D eigenvalue weighted by atomic mass is 32.2. The fourth-order valence-corrected chi connectivity index (χ4v) is 4.86. The molecule has 0 N–H and O–H groups in total. The molecule has 1 saturated heterocycles. The van der Waals surface area contributed by atoms with E-state index in [1.807, 2.05) is 6.92 Å². The first kappa shape index (κ1) is 18.0. The topological polar surface area (TPSA) is 54.5 Å². The Morgan fingerprint density at radius 1 is 1.22 bits per heavy atom. The Morgan fingerprint density at radius 3 is 2.30 bits per heavy atom. The lowest BCUT2D eigenvalue weighted by Crippen LogP contribution is -2.41. The second kappa shape index (κ2) is 7.04. The summed E-state index contributed by atoms with van der Waals surface area (Å²) in [5.41, 5.74) is 2.43. The lowest BCUT2D eigenvalue weighted by Gasteiger charge is -2.26. The molecule has 1 aromatic carbocycles. The molecule has 4 nitrogen and oxygen atoms in total. The normalized spacial score (nSPS) is 21.3. The summed E-state index contributed by atoms with van der Waals surface area (Å²) in [6.07, 6.45) is 1.24. The molecule has 2 unspecified atom stereocenters. The molecule has 0 spiro atoms. The number of hydrogen-bond donors (Lipinski definition) is 0. The molecule has 0 saturated carbocycles. The fraction of sp³-hybridized carbons (Fsp3) is 0.611. The smallest absolute Gasteiger partial charge is 0.225 e. The van der Waals surface area contributed by atoms with Gasteiger partial charge in [0.15, 0.2) is 9.84 Å². The molecule has 23 heavy (non-hydrogen) atoms. The molecule has 1 fully saturated rings. The average Bonchev–Trinajstić information content (AvgIpc) is 2.86. The molecule has 1 heterocycles. The van der Waals surface area contributed by atoms with Crippen molar-refractivity contribution in [3.8, 4) is 0 Å². The zero-order chi connectivity index (χ0) is 17.2. The van der Waals surface area contributed by atoms with E-state index in [1.54, 1.807) is 11.9 Å². The first-order chi connectivity index (χ1) is 10.7. The SMILES string of the molecule is CC(Cc1ccc(C(C)C)cc1)C(=O)N(C)C1CCS(=O)(=O)C1. The summed E-state index contributed by atoms with van der Waals surface area (Å²) in [4.78, 5) is 14.2. The van der Waals surface area contributed by atoms with Gasteiger partial charge in [0.25, 0.3) is 0 Å². The van der Waals surface area contributed by atoms with Crippen LogP contribution in [0.5, 0.6) is 0 Å². The summed E-state index contributed by atoms with van der Waals surface area (Å²) < 4.78 is 23.2. The van der Waals surface area contributed by atoms with Crippen LogP contribution in [0, 0.1) is 5.92 Å². The van der Waals surface area contributed by atoms with Gasteiger partial charge in [-0.2, -0.15) is 0 Å². The highest BCUT2D eigenvalue weighted by Gasteiger charge is 2.33. The van der Waals surface area contributed by atoms with Gasteiger partial charge in [0.1, 0.15) is 0 Å². The van der Waals surface area contributed by atoms with Crippen molar-refractivity contribution in [1.29, 1.82) is 0 Å². The number of amides is 1. The molecule has 0 radical (unpaired) electrons. The Kier molecular flexibility index (Phi) is 5.50. The van der Waals surface area contributed by atoms with Gasteiger partial charge in [0.2, 0.25) is 5.91 Å². The van der Waals surface area contributed by atoms with E-state index in [9.17, 15) is 13.2 Å². The molecule has 1 amide bonds. The number of hydrogen-bond acceptors (Lipinski definition) is 3. The Balaban J connectivity index is 1.96. The van der Waals surface area contributed by atoms with Gasteiger partial charge in [-0.3, -0.25) is 4.79 Å². The van der Waals surface area contributed by atoms with Crippen LogP contribution in [0.15, 0.2) is 24.3 Å². The summed E-state index contributed by atoms with van der Waals surface area (Å²) >= 11 is 0. The van der Waals surface area contributed by atoms with Gasteiger partial charge in [0.05, 0.1) is 11.5 Å². The van der Waals surface area contributed by atoms with Gasteiger partial charge in [-0.15, -0.1) is 0 Å². The second-order valence-electron chi connectivity index (χ2n) is 7.01. The van der Waals surface area contributed by atoms with Gasteiger partial charge in [-0.05, 0) is 29.9 Å².